The molecule has 0 radical (unpaired) electrons. The molecule has 0 bridgehead atoms. The number of hydrogen-bond acceptors (Lipinski definition) is 4. The molecule has 0 fully saturated rings. The molecule has 1 atom stereocenters. The van der Waals surface area contributed by atoms with E-state index in [0.717, 1.165) is 27.8 Å². The Kier molecular flexibility index (Phi) is 6.43. The smallest absolute Gasteiger partial charge is 0.258 e. The predicted octanol–water partition coefficient (Wildman–Crippen LogP) is 5.07. The summed E-state index contributed by atoms with van der Waals surface area (Å²) in [7, 11) is 0. The number of hydrogen-bond donors (Lipinski definition) is 1. The molecule has 1 unspecified atom stereocenters. The summed E-state index contributed by atoms with van der Waals surface area (Å²) in [6.07, 6.45) is 1.74. The lowest BCUT2D eigenvalue weighted by atomic mass is 10.1. The molecule has 5 heteroatoms. The summed E-state index contributed by atoms with van der Waals surface area (Å²) in [5.41, 5.74) is 1.82. The first-order valence-corrected chi connectivity index (χ1v) is 10.2. The van der Waals surface area contributed by atoms with E-state index >= 15 is 0 Å². The Labute approximate surface area is 181 Å². The van der Waals surface area contributed by atoms with Gasteiger partial charge in [-0.15, -0.1) is 0 Å². The number of amides is 1. The fourth-order valence-electron chi connectivity index (χ4n) is 3.35. The van der Waals surface area contributed by atoms with E-state index in [0.29, 0.717) is 12.4 Å². The third kappa shape index (κ3) is 5.39. The van der Waals surface area contributed by atoms with Crippen LogP contribution in [-0.2, 0) is 11.4 Å². The average molecular weight is 412 g/mol. The van der Waals surface area contributed by atoms with Crippen molar-refractivity contribution in [2.45, 2.75) is 19.6 Å². The Morgan fingerprint density at radius 2 is 1.74 bits per heavy atom. The zero-order valence-electron chi connectivity index (χ0n) is 17.3. The van der Waals surface area contributed by atoms with Crippen LogP contribution in [0.3, 0.4) is 0 Å². The highest BCUT2D eigenvalue weighted by Gasteiger charge is 2.12. The lowest BCUT2D eigenvalue weighted by Gasteiger charge is -2.16. The second kappa shape index (κ2) is 9.76. The molecular weight excluding hydrogens is 388 g/mol. The first-order valence-electron chi connectivity index (χ1n) is 10.2. The van der Waals surface area contributed by atoms with Crippen LogP contribution in [0, 0.1) is 0 Å². The Bertz CT molecular complexity index is 1160. The van der Waals surface area contributed by atoms with Crippen LogP contribution in [0.15, 0.2) is 91.1 Å². The van der Waals surface area contributed by atoms with Crippen molar-refractivity contribution in [3.05, 3.63) is 102 Å². The van der Waals surface area contributed by atoms with Crippen molar-refractivity contribution < 1.29 is 14.3 Å². The largest absolute Gasteiger partial charge is 0.487 e. The normalized spacial score (nSPS) is 11.6. The lowest BCUT2D eigenvalue weighted by Crippen LogP contribution is -2.31. The fraction of sp³-hybridized carbons (Fsp3) is 0.154. The first kappa shape index (κ1) is 20.4. The molecule has 1 N–H and O–H groups in total. The van der Waals surface area contributed by atoms with Crippen LogP contribution in [0.5, 0.6) is 11.5 Å². The van der Waals surface area contributed by atoms with Crippen LogP contribution in [0.2, 0.25) is 0 Å². The molecule has 156 valence electrons. The standard InChI is InChI=1S/C26H24N2O3/c1-19(21-10-6-12-23(16-21)30-17-22-11-4-5-15-27-22)28-26(29)18-31-25-14-7-9-20-8-2-3-13-24(20)25/h2-16,19H,17-18H2,1H3,(H,28,29). The molecule has 5 nitrogen and oxygen atoms in total. The van der Waals surface area contributed by atoms with Crippen LogP contribution in [-0.4, -0.2) is 17.5 Å². The predicted molar refractivity (Wildman–Crippen MR) is 121 cm³/mol. The zero-order chi connectivity index (χ0) is 21.5. The van der Waals surface area contributed by atoms with Gasteiger partial charge >= 0.3 is 0 Å². The molecule has 1 aromatic heterocycles. The highest BCUT2D eigenvalue weighted by atomic mass is 16.5. The second-order valence-electron chi connectivity index (χ2n) is 7.24. The maximum Gasteiger partial charge on any atom is 0.258 e. The Morgan fingerprint density at radius 3 is 2.61 bits per heavy atom. The number of nitrogens with zero attached hydrogens (tertiary/aromatic N) is 1. The quantitative estimate of drug-likeness (QED) is 0.439. The SMILES string of the molecule is CC(NC(=O)COc1cccc2ccccc12)c1cccc(OCc2ccccn2)c1. The molecule has 3 aromatic carbocycles. The minimum atomic E-state index is -0.180. The third-order valence-electron chi connectivity index (χ3n) is 4.96. The Morgan fingerprint density at radius 1 is 0.935 bits per heavy atom. The highest BCUT2D eigenvalue weighted by molar-refractivity contribution is 5.88. The second-order valence-corrected chi connectivity index (χ2v) is 7.24. The number of benzene rings is 3. The number of fused-ring (bicyclic) bond motifs is 1. The van der Waals surface area contributed by atoms with Crippen molar-refractivity contribution in [1.29, 1.82) is 0 Å². The monoisotopic (exact) mass is 412 g/mol. The van der Waals surface area contributed by atoms with Crippen LogP contribution in [0.4, 0.5) is 0 Å². The zero-order valence-corrected chi connectivity index (χ0v) is 17.3. The van der Waals surface area contributed by atoms with Crippen LogP contribution >= 0.6 is 0 Å². The van der Waals surface area contributed by atoms with Gasteiger partial charge in [0, 0.05) is 11.6 Å². The molecular formula is C26H24N2O3. The van der Waals surface area contributed by atoms with E-state index < -0.39 is 0 Å². The number of pyridine rings is 1. The van der Waals surface area contributed by atoms with E-state index in [2.05, 4.69) is 10.3 Å². The molecule has 31 heavy (non-hydrogen) atoms. The van der Waals surface area contributed by atoms with Gasteiger partial charge in [-0.2, -0.15) is 0 Å². The number of carbonyl (C=O) groups is 1. The van der Waals surface area contributed by atoms with E-state index in [1.165, 1.54) is 0 Å². The van der Waals surface area contributed by atoms with Gasteiger partial charge in [0.05, 0.1) is 11.7 Å². The maximum absolute atomic E-state index is 12.5. The van der Waals surface area contributed by atoms with Crippen molar-refractivity contribution in [3.8, 4) is 11.5 Å². The van der Waals surface area contributed by atoms with Gasteiger partial charge in [0.1, 0.15) is 18.1 Å². The van der Waals surface area contributed by atoms with Gasteiger partial charge in [0.15, 0.2) is 6.61 Å². The average Bonchev–Trinajstić information content (AvgIpc) is 2.82. The van der Waals surface area contributed by atoms with Gasteiger partial charge in [-0.25, -0.2) is 0 Å². The molecule has 1 heterocycles. The highest BCUT2D eigenvalue weighted by Crippen LogP contribution is 2.25. The summed E-state index contributed by atoms with van der Waals surface area (Å²) in [5.74, 6) is 1.25. The van der Waals surface area contributed by atoms with Gasteiger partial charge in [-0.1, -0.05) is 54.6 Å². The van der Waals surface area contributed by atoms with Gasteiger partial charge in [-0.3, -0.25) is 9.78 Å². The maximum atomic E-state index is 12.5. The number of rotatable bonds is 8. The minimum absolute atomic E-state index is 0.0474. The summed E-state index contributed by atoms with van der Waals surface area (Å²) in [6.45, 7) is 2.28. The number of aromatic nitrogens is 1. The summed E-state index contributed by atoms with van der Waals surface area (Å²) in [6, 6.07) is 27.0. The molecule has 4 aromatic rings. The van der Waals surface area contributed by atoms with Crippen molar-refractivity contribution >= 4 is 16.7 Å². The van der Waals surface area contributed by atoms with Crippen LogP contribution in [0.1, 0.15) is 24.2 Å². The first-order chi connectivity index (χ1) is 15.2. The van der Waals surface area contributed by atoms with E-state index in [4.69, 9.17) is 9.47 Å². The van der Waals surface area contributed by atoms with Crippen molar-refractivity contribution in [2.24, 2.45) is 0 Å². The summed E-state index contributed by atoms with van der Waals surface area (Å²) < 4.78 is 11.6. The van der Waals surface area contributed by atoms with E-state index in [1.807, 2.05) is 91.9 Å². The molecule has 1 amide bonds. The van der Waals surface area contributed by atoms with E-state index in [1.54, 1.807) is 6.20 Å². The van der Waals surface area contributed by atoms with Crippen LogP contribution < -0.4 is 14.8 Å². The minimum Gasteiger partial charge on any atom is -0.487 e. The molecule has 0 saturated carbocycles. The van der Waals surface area contributed by atoms with Gasteiger partial charge in [0.25, 0.3) is 5.91 Å². The topological polar surface area (TPSA) is 60.5 Å². The summed E-state index contributed by atoms with van der Waals surface area (Å²) >= 11 is 0. The van der Waals surface area contributed by atoms with Crippen molar-refractivity contribution in [1.82, 2.24) is 10.3 Å². The van der Waals surface area contributed by atoms with Crippen LogP contribution in [0.25, 0.3) is 10.8 Å². The number of carbonyl (C=O) groups excluding carboxylic acids is 1. The van der Waals surface area contributed by atoms with E-state index in [9.17, 15) is 4.79 Å². The van der Waals surface area contributed by atoms with Gasteiger partial charge in [0.2, 0.25) is 0 Å². The number of nitrogens with one attached hydrogen (secondary N) is 1. The van der Waals surface area contributed by atoms with Gasteiger partial charge in [-0.05, 0) is 48.2 Å². The Hall–Kier alpha value is -3.86. The summed E-state index contributed by atoms with van der Waals surface area (Å²) in [4.78, 5) is 16.7. The van der Waals surface area contributed by atoms with E-state index in [-0.39, 0.29) is 18.6 Å². The molecule has 0 spiro atoms. The molecule has 0 saturated heterocycles. The van der Waals surface area contributed by atoms with Crippen molar-refractivity contribution in [3.63, 3.8) is 0 Å². The van der Waals surface area contributed by atoms with Gasteiger partial charge < -0.3 is 14.8 Å². The molecule has 0 aliphatic carbocycles. The molecule has 4 rings (SSSR count). The number of ether oxygens (including phenoxy) is 2. The molecule has 0 aliphatic heterocycles. The Balaban J connectivity index is 1.33. The lowest BCUT2D eigenvalue weighted by molar-refractivity contribution is -0.123. The van der Waals surface area contributed by atoms with Crippen molar-refractivity contribution in [2.75, 3.05) is 6.61 Å². The fourth-order valence-corrected chi connectivity index (χ4v) is 3.35. The third-order valence-corrected chi connectivity index (χ3v) is 4.96. The molecule has 0 aliphatic rings. The summed E-state index contributed by atoms with van der Waals surface area (Å²) in [5, 5.41) is 5.05.